The first kappa shape index (κ1) is 29.7. The van der Waals surface area contributed by atoms with Crippen LogP contribution in [0, 0.1) is 0 Å². The number of hydrogen-bond donors (Lipinski definition) is 4. The molecule has 0 aliphatic carbocycles. The monoisotopic (exact) mass is 577 g/mol. The third kappa shape index (κ3) is 7.37. The van der Waals surface area contributed by atoms with Gasteiger partial charge in [-0.3, -0.25) is 14.6 Å². The van der Waals surface area contributed by atoms with E-state index < -0.39 is 5.54 Å². The highest BCUT2D eigenvalue weighted by Crippen LogP contribution is 2.28. The molecule has 1 fully saturated rings. The standard InChI is InChI=1S/C34H39N7O2/c35-33(36)37-20-9-19-34(24-38-31(42)30-18-17-27-15-7-8-16-29(27)40-30)32(43)41(22-10-21-39-34)23-28(25-11-3-1-4-12-25)26-13-5-2-6-14-26/h1-8,11-18,28,39H,9-10,19-24H2,(H,38,42)(H4,35,36,37)/t34-/m0/s1. The van der Waals surface area contributed by atoms with Gasteiger partial charge in [-0.05, 0) is 49.1 Å². The van der Waals surface area contributed by atoms with Gasteiger partial charge in [0.05, 0.1) is 5.52 Å². The number of fused-ring (bicyclic) bond motifs is 1. The molecule has 0 unspecified atom stereocenters. The predicted molar refractivity (Wildman–Crippen MR) is 171 cm³/mol. The molecule has 3 aromatic carbocycles. The lowest BCUT2D eigenvalue weighted by Gasteiger charge is -2.37. The number of nitrogens with two attached hydrogens (primary N) is 2. The number of aliphatic imine (C=N–C) groups is 1. The number of hydrogen-bond acceptors (Lipinski definition) is 5. The van der Waals surface area contributed by atoms with Crippen LogP contribution in [0.15, 0.2) is 102 Å². The summed E-state index contributed by atoms with van der Waals surface area (Å²) in [5, 5.41) is 7.49. The van der Waals surface area contributed by atoms with E-state index in [4.69, 9.17) is 11.5 Å². The molecule has 6 N–H and O–H groups in total. The van der Waals surface area contributed by atoms with Crippen LogP contribution in [0.2, 0.25) is 0 Å². The molecule has 43 heavy (non-hydrogen) atoms. The average Bonchev–Trinajstić information content (AvgIpc) is 3.19. The lowest BCUT2D eigenvalue weighted by molar-refractivity contribution is -0.137. The molecule has 0 saturated carbocycles. The van der Waals surface area contributed by atoms with E-state index >= 15 is 0 Å². The predicted octanol–water partition coefficient (Wildman–Crippen LogP) is 3.41. The molecule has 1 saturated heterocycles. The summed E-state index contributed by atoms with van der Waals surface area (Å²) in [4.78, 5) is 38.5. The third-order valence-corrected chi connectivity index (χ3v) is 8.01. The van der Waals surface area contributed by atoms with E-state index in [0.717, 1.165) is 28.5 Å². The summed E-state index contributed by atoms with van der Waals surface area (Å²) in [5.74, 6) is -0.357. The summed E-state index contributed by atoms with van der Waals surface area (Å²) in [5.41, 5.74) is 13.4. The zero-order valence-electron chi connectivity index (χ0n) is 24.3. The van der Waals surface area contributed by atoms with E-state index in [2.05, 4.69) is 44.9 Å². The van der Waals surface area contributed by atoms with Crippen molar-refractivity contribution in [3.05, 3.63) is 114 Å². The van der Waals surface area contributed by atoms with Gasteiger partial charge >= 0.3 is 0 Å². The smallest absolute Gasteiger partial charge is 0.269 e. The Balaban J connectivity index is 1.41. The highest BCUT2D eigenvalue weighted by molar-refractivity contribution is 5.96. The van der Waals surface area contributed by atoms with Gasteiger partial charge in [-0.25, -0.2) is 4.98 Å². The fourth-order valence-electron chi connectivity index (χ4n) is 5.77. The zero-order valence-corrected chi connectivity index (χ0v) is 24.3. The van der Waals surface area contributed by atoms with E-state index in [1.807, 2.05) is 71.6 Å². The second-order valence-electron chi connectivity index (χ2n) is 11.0. The number of carbonyl (C=O) groups excluding carboxylic acids is 2. The molecular weight excluding hydrogens is 538 g/mol. The minimum atomic E-state index is -1.03. The molecule has 222 valence electrons. The molecule has 1 aliphatic rings. The number of rotatable bonds is 11. The van der Waals surface area contributed by atoms with Crippen molar-refractivity contribution < 1.29 is 9.59 Å². The highest BCUT2D eigenvalue weighted by Gasteiger charge is 2.43. The molecule has 2 amide bonds. The number of nitrogens with zero attached hydrogens (tertiary/aromatic N) is 3. The van der Waals surface area contributed by atoms with Crippen LogP contribution in [0.25, 0.3) is 10.9 Å². The second kappa shape index (κ2) is 13.9. The Bertz CT molecular complexity index is 1520. The number of amides is 2. The summed E-state index contributed by atoms with van der Waals surface area (Å²) in [7, 11) is 0. The van der Waals surface area contributed by atoms with Crippen LogP contribution in [0.1, 0.15) is 46.8 Å². The van der Waals surface area contributed by atoms with Crippen LogP contribution < -0.4 is 22.1 Å². The Hall–Kier alpha value is -4.76. The van der Waals surface area contributed by atoms with Crippen LogP contribution >= 0.6 is 0 Å². The first-order valence-corrected chi connectivity index (χ1v) is 14.8. The van der Waals surface area contributed by atoms with Gasteiger partial charge in [0.1, 0.15) is 11.2 Å². The van der Waals surface area contributed by atoms with E-state index in [0.29, 0.717) is 44.7 Å². The lowest BCUT2D eigenvalue weighted by Crippen LogP contribution is -2.62. The SMILES string of the molecule is NC(N)=NCCC[C@@]1(CNC(=O)c2ccc3ccccc3n2)NCCCN(CC(c2ccccc2)c2ccccc2)C1=O. The first-order valence-electron chi connectivity index (χ1n) is 14.8. The Kier molecular flexibility index (Phi) is 9.63. The van der Waals surface area contributed by atoms with Crippen molar-refractivity contribution in [1.82, 2.24) is 20.5 Å². The molecule has 0 spiro atoms. The van der Waals surface area contributed by atoms with Crippen molar-refractivity contribution in [3.8, 4) is 0 Å². The fourth-order valence-corrected chi connectivity index (χ4v) is 5.77. The molecule has 1 atom stereocenters. The largest absolute Gasteiger partial charge is 0.370 e. The Labute approximate surface area is 252 Å². The third-order valence-electron chi connectivity index (χ3n) is 8.01. The van der Waals surface area contributed by atoms with Gasteiger partial charge in [0.15, 0.2) is 5.96 Å². The van der Waals surface area contributed by atoms with Gasteiger partial charge in [0, 0.05) is 37.5 Å². The fraction of sp³-hybridized carbons (Fsp3) is 0.294. The molecule has 1 aromatic heterocycles. The zero-order chi connectivity index (χ0) is 30.1. The Morgan fingerprint density at radius 1 is 0.953 bits per heavy atom. The molecule has 1 aliphatic heterocycles. The van der Waals surface area contributed by atoms with Crippen LogP contribution in [-0.4, -0.2) is 65.9 Å². The number of benzene rings is 3. The summed E-state index contributed by atoms with van der Waals surface area (Å²) in [6.07, 6.45) is 1.80. The minimum Gasteiger partial charge on any atom is -0.370 e. The second-order valence-corrected chi connectivity index (χ2v) is 11.0. The van der Waals surface area contributed by atoms with E-state index in [-0.39, 0.29) is 30.2 Å². The van der Waals surface area contributed by atoms with E-state index in [1.165, 1.54) is 0 Å². The van der Waals surface area contributed by atoms with Crippen LogP contribution in [-0.2, 0) is 4.79 Å². The quantitative estimate of drug-likeness (QED) is 0.122. The van der Waals surface area contributed by atoms with Gasteiger partial charge in [-0.2, -0.15) is 0 Å². The van der Waals surface area contributed by atoms with Gasteiger partial charge in [-0.1, -0.05) is 84.9 Å². The maximum absolute atomic E-state index is 14.5. The van der Waals surface area contributed by atoms with Gasteiger partial charge < -0.3 is 27.0 Å². The number of para-hydroxylation sites is 1. The van der Waals surface area contributed by atoms with Crippen molar-refractivity contribution in [1.29, 1.82) is 0 Å². The Morgan fingerprint density at radius 3 is 2.33 bits per heavy atom. The topological polar surface area (TPSA) is 139 Å². The lowest BCUT2D eigenvalue weighted by atomic mass is 9.88. The molecule has 5 rings (SSSR count). The number of guanidine groups is 1. The van der Waals surface area contributed by atoms with Crippen LogP contribution in [0.5, 0.6) is 0 Å². The maximum Gasteiger partial charge on any atom is 0.269 e. The molecule has 0 bridgehead atoms. The highest BCUT2D eigenvalue weighted by atomic mass is 16.2. The summed E-state index contributed by atoms with van der Waals surface area (Å²) >= 11 is 0. The molecular formula is C34H39N7O2. The molecule has 9 nitrogen and oxygen atoms in total. The average molecular weight is 578 g/mol. The van der Waals surface area contributed by atoms with E-state index in [9.17, 15) is 9.59 Å². The normalized spacial score (nSPS) is 17.0. The summed E-state index contributed by atoms with van der Waals surface area (Å²) in [6.45, 7) is 2.26. The Morgan fingerprint density at radius 2 is 1.63 bits per heavy atom. The maximum atomic E-state index is 14.5. The van der Waals surface area contributed by atoms with Gasteiger partial charge in [0.25, 0.3) is 5.91 Å². The minimum absolute atomic E-state index is 0.000166. The number of pyridine rings is 1. The van der Waals surface area contributed by atoms with E-state index in [1.54, 1.807) is 6.07 Å². The van der Waals surface area contributed by atoms with Crippen molar-refractivity contribution in [2.75, 3.05) is 32.7 Å². The van der Waals surface area contributed by atoms with Crippen molar-refractivity contribution >= 4 is 28.7 Å². The molecule has 2 heterocycles. The number of carbonyl (C=O) groups is 2. The molecule has 9 heteroatoms. The van der Waals surface area contributed by atoms with Crippen LogP contribution in [0.3, 0.4) is 0 Å². The van der Waals surface area contributed by atoms with Crippen molar-refractivity contribution in [2.45, 2.75) is 30.7 Å². The molecule has 0 radical (unpaired) electrons. The van der Waals surface area contributed by atoms with Gasteiger partial charge in [0.2, 0.25) is 5.91 Å². The number of aromatic nitrogens is 1. The van der Waals surface area contributed by atoms with Gasteiger partial charge in [-0.15, -0.1) is 0 Å². The summed E-state index contributed by atoms with van der Waals surface area (Å²) in [6, 6.07) is 31.8. The van der Waals surface area contributed by atoms with Crippen molar-refractivity contribution in [2.24, 2.45) is 16.5 Å². The first-order chi connectivity index (χ1) is 20.9. The number of nitrogens with one attached hydrogen (secondary N) is 2. The summed E-state index contributed by atoms with van der Waals surface area (Å²) < 4.78 is 0. The van der Waals surface area contributed by atoms with Crippen LogP contribution in [0.4, 0.5) is 0 Å². The molecule has 4 aromatic rings. The van der Waals surface area contributed by atoms with Crippen molar-refractivity contribution in [3.63, 3.8) is 0 Å².